The van der Waals surface area contributed by atoms with Gasteiger partial charge in [-0.2, -0.15) is 0 Å². The van der Waals surface area contributed by atoms with Crippen LogP contribution < -0.4 is 0 Å². The lowest BCUT2D eigenvalue weighted by atomic mass is 10.0. The summed E-state index contributed by atoms with van der Waals surface area (Å²) in [6, 6.07) is 20.4. The lowest BCUT2D eigenvalue weighted by molar-refractivity contribution is -0.141. The highest BCUT2D eigenvalue weighted by atomic mass is 16.5. The van der Waals surface area contributed by atoms with Crippen LogP contribution in [-0.2, 0) is 16.1 Å². The summed E-state index contributed by atoms with van der Waals surface area (Å²) in [5, 5.41) is 12.2. The van der Waals surface area contributed by atoms with Crippen molar-refractivity contribution in [2.45, 2.75) is 12.6 Å². The van der Waals surface area contributed by atoms with Crippen molar-refractivity contribution in [2.75, 3.05) is 39.8 Å². The molecule has 1 aliphatic heterocycles. The van der Waals surface area contributed by atoms with E-state index in [0.717, 1.165) is 38.3 Å². The fourth-order valence-corrected chi connectivity index (χ4v) is 3.97. The molecule has 166 valence electrons. The topological polar surface area (TPSA) is 76.4 Å². The third-order valence-electron chi connectivity index (χ3n) is 5.67. The van der Waals surface area contributed by atoms with E-state index < -0.39 is 0 Å². The highest BCUT2D eigenvalue weighted by Gasteiger charge is 2.30. The molecule has 0 amide bonds. The average Bonchev–Trinajstić information content (AvgIpc) is 3.29. The van der Waals surface area contributed by atoms with Gasteiger partial charge >= 0.3 is 5.97 Å². The van der Waals surface area contributed by atoms with Crippen molar-refractivity contribution in [1.82, 2.24) is 30.0 Å². The van der Waals surface area contributed by atoms with Gasteiger partial charge in [-0.3, -0.25) is 14.6 Å². The van der Waals surface area contributed by atoms with Crippen LogP contribution in [0.2, 0.25) is 0 Å². The molecule has 0 spiro atoms. The van der Waals surface area contributed by atoms with Crippen LogP contribution >= 0.6 is 0 Å². The second kappa shape index (κ2) is 10.8. The van der Waals surface area contributed by atoms with Crippen LogP contribution in [0.1, 0.15) is 23.0 Å². The van der Waals surface area contributed by atoms with Gasteiger partial charge in [0.15, 0.2) is 5.82 Å². The molecule has 4 rings (SSSR count). The first kappa shape index (κ1) is 21.9. The zero-order valence-electron chi connectivity index (χ0n) is 18.2. The van der Waals surface area contributed by atoms with E-state index in [1.807, 2.05) is 24.3 Å². The summed E-state index contributed by atoms with van der Waals surface area (Å²) in [6.07, 6.45) is 4.39. The second-order valence-electron chi connectivity index (χ2n) is 7.73. The van der Waals surface area contributed by atoms with Gasteiger partial charge in [-0.1, -0.05) is 72.8 Å². The number of piperazine rings is 1. The van der Waals surface area contributed by atoms with Gasteiger partial charge in [-0.15, -0.1) is 5.10 Å². The molecule has 1 saturated heterocycles. The molecule has 32 heavy (non-hydrogen) atoms. The standard InChI is InChI=1S/C24H28N6O2/c1-32-22(31)19-30-24(25-26-27-30)23(21-12-6-3-7-13-21)29-17-15-28(16-18-29)14-8-11-20-9-4-2-5-10-20/h2-13,23H,14-19H2,1H3/b11-8+/t23-/m0/s1. The van der Waals surface area contributed by atoms with E-state index in [9.17, 15) is 4.79 Å². The molecule has 1 aliphatic rings. The van der Waals surface area contributed by atoms with Crippen molar-refractivity contribution < 1.29 is 9.53 Å². The van der Waals surface area contributed by atoms with Crippen molar-refractivity contribution in [3.05, 3.63) is 83.7 Å². The first-order valence-corrected chi connectivity index (χ1v) is 10.8. The van der Waals surface area contributed by atoms with Crippen molar-refractivity contribution in [1.29, 1.82) is 0 Å². The van der Waals surface area contributed by atoms with E-state index in [4.69, 9.17) is 4.74 Å². The molecule has 8 nitrogen and oxygen atoms in total. The Morgan fingerprint density at radius 1 is 1.03 bits per heavy atom. The summed E-state index contributed by atoms with van der Waals surface area (Å²) in [6.45, 7) is 4.56. The normalized spacial score (nSPS) is 16.3. The van der Waals surface area contributed by atoms with Crippen LogP contribution in [0.15, 0.2) is 66.7 Å². The summed E-state index contributed by atoms with van der Waals surface area (Å²) < 4.78 is 6.35. The number of ether oxygens (including phenoxy) is 1. The fourth-order valence-electron chi connectivity index (χ4n) is 3.97. The van der Waals surface area contributed by atoms with Gasteiger partial charge in [0.1, 0.15) is 6.54 Å². The molecule has 2 aromatic carbocycles. The molecule has 0 saturated carbocycles. The van der Waals surface area contributed by atoms with Crippen LogP contribution in [0.5, 0.6) is 0 Å². The summed E-state index contributed by atoms with van der Waals surface area (Å²) in [7, 11) is 1.37. The molecule has 1 fully saturated rings. The lowest BCUT2D eigenvalue weighted by Gasteiger charge is -2.38. The van der Waals surface area contributed by atoms with E-state index in [-0.39, 0.29) is 18.6 Å². The Kier molecular flexibility index (Phi) is 7.37. The number of carbonyl (C=O) groups is 1. The number of benzene rings is 2. The lowest BCUT2D eigenvalue weighted by Crippen LogP contribution is -2.48. The number of hydrogen-bond acceptors (Lipinski definition) is 7. The first-order chi connectivity index (χ1) is 15.7. The minimum absolute atomic E-state index is 0.00753. The Balaban J connectivity index is 1.45. The van der Waals surface area contributed by atoms with Crippen molar-refractivity contribution in [3.63, 3.8) is 0 Å². The molecule has 0 aliphatic carbocycles. The van der Waals surface area contributed by atoms with Gasteiger partial charge in [-0.05, 0) is 21.6 Å². The first-order valence-electron chi connectivity index (χ1n) is 10.8. The minimum atomic E-state index is -0.375. The summed E-state index contributed by atoms with van der Waals surface area (Å²) >= 11 is 0. The van der Waals surface area contributed by atoms with Crippen LogP contribution in [0.4, 0.5) is 0 Å². The van der Waals surface area contributed by atoms with Gasteiger partial charge in [0, 0.05) is 32.7 Å². The molecular weight excluding hydrogens is 404 g/mol. The quantitative estimate of drug-likeness (QED) is 0.506. The molecule has 0 N–H and O–H groups in total. The molecule has 0 bridgehead atoms. The Morgan fingerprint density at radius 3 is 2.41 bits per heavy atom. The SMILES string of the molecule is COC(=O)Cn1nnnc1[C@H](c1ccccc1)N1CCN(C/C=C/c2ccccc2)CC1. The maximum atomic E-state index is 11.8. The van der Waals surface area contributed by atoms with Crippen LogP contribution in [0.3, 0.4) is 0 Å². The number of aromatic nitrogens is 4. The molecule has 8 heteroatoms. The van der Waals surface area contributed by atoms with E-state index in [2.05, 4.69) is 73.9 Å². The number of methoxy groups -OCH3 is 1. The Morgan fingerprint density at radius 2 is 1.72 bits per heavy atom. The van der Waals surface area contributed by atoms with E-state index in [1.165, 1.54) is 12.7 Å². The molecule has 2 heterocycles. The Hall–Kier alpha value is -3.36. The minimum Gasteiger partial charge on any atom is -0.468 e. The summed E-state index contributed by atoms with van der Waals surface area (Å²) in [4.78, 5) is 16.7. The second-order valence-corrected chi connectivity index (χ2v) is 7.73. The number of hydrogen-bond donors (Lipinski definition) is 0. The van der Waals surface area contributed by atoms with Gasteiger partial charge in [0.05, 0.1) is 13.2 Å². The van der Waals surface area contributed by atoms with Crippen LogP contribution in [0.25, 0.3) is 6.08 Å². The predicted octanol–water partition coefficient (Wildman–Crippen LogP) is 2.27. The highest BCUT2D eigenvalue weighted by Crippen LogP contribution is 2.28. The van der Waals surface area contributed by atoms with Gasteiger partial charge < -0.3 is 4.74 Å². The number of carbonyl (C=O) groups excluding carboxylic acids is 1. The molecule has 1 atom stereocenters. The average molecular weight is 433 g/mol. The number of nitrogens with zero attached hydrogens (tertiary/aromatic N) is 6. The zero-order chi connectivity index (χ0) is 22.2. The largest absolute Gasteiger partial charge is 0.468 e. The maximum Gasteiger partial charge on any atom is 0.327 e. The van der Waals surface area contributed by atoms with Crippen LogP contribution in [-0.4, -0.2) is 75.8 Å². The predicted molar refractivity (Wildman–Crippen MR) is 122 cm³/mol. The van der Waals surface area contributed by atoms with E-state index in [1.54, 1.807) is 4.68 Å². The van der Waals surface area contributed by atoms with Gasteiger partial charge in [-0.25, -0.2) is 4.68 Å². The Labute approximate surface area is 188 Å². The number of tetrazole rings is 1. The van der Waals surface area contributed by atoms with E-state index in [0.29, 0.717) is 5.82 Å². The van der Waals surface area contributed by atoms with E-state index >= 15 is 0 Å². The molecule has 0 unspecified atom stereocenters. The number of esters is 1. The fraction of sp³-hybridized carbons (Fsp3) is 0.333. The highest BCUT2D eigenvalue weighted by molar-refractivity contribution is 5.68. The third kappa shape index (κ3) is 5.46. The molecule has 3 aromatic rings. The summed E-state index contributed by atoms with van der Waals surface area (Å²) in [5.41, 5.74) is 2.32. The van der Waals surface area contributed by atoms with Crippen molar-refractivity contribution in [2.24, 2.45) is 0 Å². The maximum absolute atomic E-state index is 11.8. The Bertz CT molecular complexity index is 1010. The van der Waals surface area contributed by atoms with Crippen LogP contribution in [0, 0.1) is 0 Å². The van der Waals surface area contributed by atoms with Gasteiger partial charge in [0.2, 0.25) is 0 Å². The van der Waals surface area contributed by atoms with Gasteiger partial charge in [0.25, 0.3) is 0 Å². The third-order valence-corrected chi connectivity index (χ3v) is 5.67. The molecular formula is C24H28N6O2. The van der Waals surface area contributed by atoms with Crippen molar-refractivity contribution in [3.8, 4) is 0 Å². The summed E-state index contributed by atoms with van der Waals surface area (Å²) in [5.74, 6) is 0.277. The number of rotatable bonds is 8. The smallest absolute Gasteiger partial charge is 0.327 e. The zero-order valence-corrected chi connectivity index (χ0v) is 18.2. The van der Waals surface area contributed by atoms with Crippen molar-refractivity contribution >= 4 is 12.0 Å². The molecule has 1 aromatic heterocycles. The monoisotopic (exact) mass is 432 g/mol. The molecule has 0 radical (unpaired) electrons.